The zero-order chi connectivity index (χ0) is 18.9. The molecule has 2 aromatic carbocycles. The molecule has 0 fully saturated rings. The number of sulfone groups is 1. The molecule has 0 saturated heterocycles. The van der Waals surface area contributed by atoms with E-state index >= 15 is 0 Å². The third kappa shape index (κ3) is 5.16. The summed E-state index contributed by atoms with van der Waals surface area (Å²) in [6.45, 7) is 0. The molecule has 2 aromatic rings. The van der Waals surface area contributed by atoms with Crippen LogP contribution < -0.4 is 14.6 Å². The Labute approximate surface area is 146 Å². The maximum atomic E-state index is 12.5. The highest BCUT2D eigenvalue weighted by Crippen LogP contribution is 2.24. The van der Waals surface area contributed by atoms with Gasteiger partial charge in [-0.1, -0.05) is 18.2 Å². The maximum Gasteiger partial charge on any atom is 0.296 e. The summed E-state index contributed by atoms with van der Waals surface area (Å²) in [4.78, 5) is -0.761. The predicted molar refractivity (Wildman–Crippen MR) is 93.5 cm³/mol. The molecule has 0 unspecified atom stereocenters. The molecule has 0 aliphatic carbocycles. The molecule has 9 nitrogen and oxygen atoms in total. The molecule has 25 heavy (non-hydrogen) atoms. The second-order valence-electron chi connectivity index (χ2n) is 5.05. The van der Waals surface area contributed by atoms with Crippen LogP contribution >= 0.6 is 0 Å². The molecule has 0 radical (unpaired) electrons. The minimum absolute atomic E-state index is 0.0250. The summed E-state index contributed by atoms with van der Waals surface area (Å²) in [6.07, 6.45) is 0.901. The normalized spacial score (nSPS) is 12.6. The van der Waals surface area contributed by atoms with Gasteiger partial charge in [-0.05, 0) is 30.3 Å². The number of nitrogens with two attached hydrogens (primary N) is 1. The molecule has 0 aromatic heterocycles. The Bertz CT molecular complexity index is 1110. The van der Waals surface area contributed by atoms with Crippen molar-refractivity contribution in [1.82, 2.24) is 0 Å². The van der Waals surface area contributed by atoms with E-state index in [2.05, 4.69) is 4.72 Å². The summed E-state index contributed by atoms with van der Waals surface area (Å²) >= 11 is 0. The smallest absolute Gasteiger partial charge is 0.280 e. The van der Waals surface area contributed by atoms with Crippen molar-refractivity contribution >= 4 is 41.4 Å². The monoisotopic (exact) mass is 405 g/mol. The van der Waals surface area contributed by atoms with Crippen LogP contribution in [0, 0.1) is 0 Å². The Morgan fingerprint density at radius 1 is 0.760 bits per heavy atom. The lowest BCUT2D eigenvalue weighted by atomic mass is 10.3. The lowest BCUT2D eigenvalue weighted by molar-refractivity contribution is 0.588. The first kappa shape index (κ1) is 19.2. The van der Waals surface area contributed by atoms with Gasteiger partial charge in [0.2, 0.25) is 0 Å². The van der Waals surface area contributed by atoms with E-state index in [1.165, 1.54) is 42.5 Å². The zero-order valence-corrected chi connectivity index (χ0v) is 15.3. The summed E-state index contributed by atoms with van der Waals surface area (Å²) < 4.78 is 74.9. The summed E-state index contributed by atoms with van der Waals surface area (Å²) in [6, 6.07) is 10.5. The van der Waals surface area contributed by atoms with E-state index < -0.39 is 35.0 Å². The average Bonchev–Trinajstić information content (AvgIpc) is 2.44. The van der Waals surface area contributed by atoms with Gasteiger partial charge in [-0.2, -0.15) is 8.42 Å². The minimum Gasteiger partial charge on any atom is -0.280 e. The van der Waals surface area contributed by atoms with Crippen LogP contribution in [0.3, 0.4) is 0 Å². The molecule has 0 atom stereocenters. The molecule has 0 saturated carbocycles. The third-order valence-corrected chi connectivity index (χ3v) is 6.16. The Hall–Kier alpha value is -2.15. The standard InChI is InChI=1S/C13H15N3O6S3/c1-23(17,18)12-7-2-3-8-13(12)24(19,20)15-10-5-4-6-11(9-10)16-25(14,21)22/h2-9,15-16H,1H3,(H2,14,21,22). The number of anilines is 2. The molecule has 0 spiro atoms. The number of hydrogen-bond donors (Lipinski definition) is 3. The van der Waals surface area contributed by atoms with E-state index in [1.807, 2.05) is 4.72 Å². The van der Waals surface area contributed by atoms with Crippen molar-refractivity contribution in [2.24, 2.45) is 5.14 Å². The molecular formula is C13H15N3O6S3. The van der Waals surface area contributed by atoms with E-state index in [0.29, 0.717) is 0 Å². The van der Waals surface area contributed by atoms with Crippen molar-refractivity contribution in [2.45, 2.75) is 9.79 Å². The van der Waals surface area contributed by atoms with Crippen molar-refractivity contribution in [3.63, 3.8) is 0 Å². The highest BCUT2D eigenvalue weighted by Gasteiger charge is 2.23. The molecule has 0 heterocycles. The summed E-state index contributed by atoms with van der Waals surface area (Å²) in [7, 11) is -12.0. The zero-order valence-electron chi connectivity index (χ0n) is 12.9. The lowest BCUT2D eigenvalue weighted by Crippen LogP contribution is -2.22. The van der Waals surface area contributed by atoms with Crippen molar-refractivity contribution in [3.8, 4) is 0 Å². The van der Waals surface area contributed by atoms with Gasteiger partial charge in [-0.25, -0.2) is 22.0 Å². The fourth-order valence-corrected chi connectivity index (χ4v) is 5.13. The molecule has 12 heteroatoms. The Kier molecular flexibility index (Phi) is 5.09. The first-order valence-corrected chi connectivity index (χ1v) is 11.5. The van der Waals surface area contributed by atoms with Crippen LogP contribution in [-0.2, 0) is 30.1 Å². The SMILES string of the molecule is CS(=O)(=O)c1ccccc1S(=O)(=O)Nc1cccc(NS(N)(=O)=O)c1. The van der Waals surface area contributed by atoms with Gasteiger partial charge < -0.3 is 0 Å². The fraction of sp³-hybridized carbons (Fsp3) is 0.0769. The summed E-state index contributed by atoms with van der Waals surface area (Å²) in [5, 5.41) is 4.86. The topological polar surface area (TPSA) is 152 Å². The molecular weight excluding hydrogens is 390 g/mol. The van der Waals surface area contributed by atoms with Gasteiger partial charge in [0, 0.05) is 6.26 Å². The molecule has 0 amide bonds. The van der Waals surface area contributed by atoms with Crippen molar-refractivity contribution in [3.05, 3.63) is 48.5 Å². The van der Waals surface area contributed by atoms with E-state index in [4.69, 9.17) is 5.14 Å². The van der Waals surface area contributed by atoms with Crippen LogP contribution in [-0.4, -0.2) is 31.5 Å². The van der Waals surface area contributed by atoms with Crippen LogP contribution in [0.15, 0.2) is 58.3 Å². The molecule has 4 N–H and O–H groups in total. The summed E-state index contributed by atoms with van der Waals surface area (Å²) in [5.41, 5.74) is 0.0658. The second-order valence-corrected chi connectivity index (χ2v) is 9.98. The van der Waals surface area contributed by atoms with Crippen LogP contribution in [0.1, 0.15) is 0 Å². The van der Waals surface area contributed by atoms with Crippen LogP contribution in [0.2, 0.25) is 0 Å². The first-order valence-electron chi connectivity index (χ1n) is 6.61. The quantitative estimate of drug-likeness (QED) is 0.636. The number of nitrogens with one attached hydrogen (secondary N) is 2. The maximum absolute atomic E-state index is 12.5. The van der Waals surface area contributed by atoms with Crippen LogP contribution in [0.5, 0.6) is 0 Å². The van der Waals surface area contributed by atoms with Gasteiger partial charge in [0.25, 0.3) is 20.2 Å². The van der Waals surface area contributed by atoms with Crippen LogP contribution in [0.4, 0.5) is 11.4 Å². The van der Waals surface area contributed by atoms with E-state index in [1.54, 1.807) is 0 Å². The average molecular weight is 405 g/mol. The molecule has 0 aliphatic rings. The fourth-order valence-electron chi connectivity index (χ4n) is 2.00. The van der Waals surface area contributed by atoms with Crippen molar-refractivity contribution in [1.29, 1.82) is 0 Å². The molecule has 0 aliphatic heterocycles. The first-order chi connectivity index (χ1) is 11.4. The number of sulfonamides is 1. The van der Waals surface area contributed by atoms with Gasteiger partial charge in [0.15, 0.2) is 9.84 Å². The van der Waals surface area contributed by atoms with Gasteiger partial charge in [0.05, 0.1) is 16.3 Å². The largest absolute Gasteiger partial charge is 0.296 e. The predicted octanol–water partition coefficient (Wildman–Crippen LogP) is 0.506. The van der Waals surface area contributed by atoms with Gasteiger partial charge in [-0.3, -0.25) is 9.44 Å². The van der Waals surface area contributed by atoms with E-state index in [9.17, 15) is 25.3 Å². The second kappa shape index (κ2) is 6.63. The highest BCUT2D eigenvalue weighted by molar-refractivity contribution is 7.95. The molecule has 136 valence electrons. The highest BCUT2D eigenvalue weighted by atomic mass is 32.2. The molecule has 0 bridgehead atoms. The van der Waals surface area contributed by atoms with Crippen molar-refractivity contribution < 1.29 is 25.3 Å². The lowest BCUT2D eigenvalue weighted by Gasteiger charge is -2.12. The minimum atomic E-state index is -4.23. The Morgan fingerprint density at radius 3 is 1.80 bits per heavy atom. The number of benzene rings is 2. The van der Waals surface area contributed by atoms with Crippen molar-refractivity contribution in [2.75, 3.05) is 15.7 Å². The number of hydrogen-bond acceptors (Lipinski definition) is 6. The van der Waals surface area contributed by atoms with Gasteiger partial charge >= 0.3 is 0 Å². The Morgan fingerprint density at radius 2 is 1.28 bits per heavy atom. The summed E-state index contributed by atoms with van der Waals surface area (Å²) in [5.74, 6) is 0. The third-order valence-electron chi connectivity index (χ3n) is 2.91. The number of rotatable bonds is 6. The van der Waals surface area contributed by atoms with Gasteiger partial charge in [0.1, 0.15) is 4.90 Å². The van der Waals surface area contributed by atoms with E-state index in [0.717, 1.165) is 12.3 Å². The van der Waals surface area contributed by atoms with Gasteiger partial charge in [-0.15, -0.1) is 0 Å². The van der Waals surface area contributed by atoms with Crippen LogP contribution in [0.25, 0.3) is 0 Å². The Balaban J connectivity index is 2.43. The van der Waals surface area contributed by atoms with E-state index in [-0.39, 0.29) is 16.3 Å². The molecule has 2 rings (SSSR count).